The number of nitrogens with zero attached hydrogens (tertiary/aromatic N) is 2. The highest BCUT2D eigenvalue weighted by Crippen LogP contribution is 2.11. The molecule has 1 amide bonds. The van der Waals surface area contributed by atoms with Crippen molar-refractivity contribution in [2.24, 2.45) is 0 Å². The maximum absolute atomic E-state index is 12.1. The number of pyridine rings is 1. The number of carboxylic acids is 1. The molecule has 6 nitrogen and oxygen atoms in total. The Labute approximate surface area is 108 Å². The summed E-state index contributed by atoms with van der Waals surface area (Å²) in [6, 6.07) is 3.08. The van der Waals surface area contributed by atoms with Gasteiger partial charge in [-0.2, -0.15) is 0 Å². The van der Waals surface area contributed by atoms with Gasteiger partial charge in [0, 0.05) is 12.7 Å². The van der Waals surface area contributed by atoms with Crippen LogP contribution in [0, 0.1) is 0 Å². The molecule has 1 saturated heterocycles. The molecule has 1 aromatic rings. The van der Waals surface area contributed by atoms with Gasteiger partial charge in [-0.05, 0) is 12.1 Å². The molecule has 1 aliphatic rings. The first-order valence-corrected chi connectivity index (χ1v) is 5.71. The lowest BCUT2D eigenvalue weighted by Gasteiger charge is -2.30. The second-order valence-corrected chi connectivity index (χ2v) is 4.25. The van der Waals surface area contributed by atoms with Crippen LogP contribution in [0.1, 0.15) is 10.5 Å². The van der Waals surface area contributed by atoms with E-state index in [0.29, 0.717) is 11.6 Å². The Hall–Kier alpha value is -1.66. The molecule has 0 aliphatic carbocycles. The van der Waals surface area contributed by atoms with E-state index in [4.69, 9.17) is 21.4 Å². The van der Waals surface area contributed by atoms with Gasteiger partial charge in [0.15, 0.2) is 6.10 Å². The number of rotatable bonds is 2. The predicted octanol–water partition coefficient (Wildman–Crippen LogP) is 0.661. The zero-order valence-electron chi connectivity index (χ0n) is 9.38. The van der Waals surface area contributed by atoms with Gasteiger partial charge in [0.1, 0.15) is 5.69 Å². The second kappa shape index (κ2) is 5.32. The Balaban J connectivity index is 2.09. The number of aromatic nitrogens is 1. The normalized spacial score (nSPS) is 19.6. The number of hydrogen-bond acceptors (Lipinski definition) is 4. The third-order valence-electron chi connectivity index (χ3n) is 2.58. The van der Waals surface area contributed by atoms with Gasteiger partial charge in [-0.1, -0.05) is 11.6 Å². The quantitative estimate of drug-likeness (QED) is 0.854. The van der Waals surface area contributed by atoms with Crippen LogP contribution in [0.25, 0.3) is 0 Å². The number of morpholine rings is 1. The molecule has 0 saturated carbocycles. The minimum Gasteiger partial charge on any atom is -0.479 e. The summed E-state index contributed by atoms with van der Waals surface area (Å²) in [7, 11) is 0. The SMILES string of the molecule is O=C(O)[C@H]1CN(C(=O)c2ccc(Cl)cn2)CCO1. The average Bonchev–Trinajstić information content (AvgIpc) is 2.39. The van der Waals surface area contributed by atoms with Crippen molar-refractivity contribution in [1.82, 2.24) is 9.88 Å². The van der Waals surface area contributed by atoms with Gasteiger partial charge in [-0.15, -0.1) is 0 Å². The highest BCUT2D eigenvalue weighted by Gasteiger charge is 2.29. The first kappa shape index (κ1) is 12.8. The Morgan fingerprint density at radius 3 is 2.89 bits per heavy atom. The average molecular weight is 271 g/mol. The van der Waals surface area contributed by atoms with Gasteiger partial charge < -0.3 is 14.7 Å². The summed E-state index contributed by atoms with van der Waals surface area (Å²) in [4.78, 5) is 28.2. The van der Waals surface area contributed by atoms with Crippen molar-refractivity contribution in [3.63, 3.8) is 0 Å². The molecule has 0 spiro atoms. The van der Waals surface area contributed by atoms with E-state index in [9.17, 15) is 9.59 Å². The molecule has 18 heavy (non-hydrogen) atoms. The first-order valence-electron chi connectivity index (χ1n) is 5.33. The highest BCUT2D eigenvalue weighted by molar-refractivity contribution is 6.30. The summed E-state index contributed by atoms with van der Waals surface area (Å²) in [6.07, 6.45) is 0.402. The first-order chi connectivity index (χ1) is 8.58. The van der Waals surface area contributed by atoms with Crippen LogP contribution in [0.4, 0.5) is 0 Å². The lowest BCUT2D eigenvalue weighted by Crippen LogP contribution is -2.48. The van der Waals surface area contributed by atoms with Crippen LogP contribution in [0.2, 0.25) is 5.02 Å². The van der Waals surface area contributed by atoms with Crippen molar-refractivity contribution < 1.29 is 19.4 Å². The van der Waals surface area contributed by atoms with Crippen LogP contribution >= 0.6 is 11.6 Å². The summed E-state index contributed by atoms with van der Waals surface area (Å²) in [5.41, 5.74) is 0.241. The van der Waals surface area contributed by atoms with Crippen molar-refractivity contribution in [1.29, 1.82) is 0 Å². The molecule has 0 aromatic carbocycles. The molecule has 1 aromatic heterocycles. The van der Waals surface area contributed by atoms with E-state index < -0.39 is 12.1 Å². The number of aliphatic carboxylic acids is 1. The molecular weight excluding hydrogens is 260 g/mol. The van der Waals surface area contributed by atoms with E-state index in [2.05, 4.69) is 4.98 Å². The maximum atomic E-state index is 12.1. The van der Waals surface area contributed by atoms with Crippen LogP contribution in [-0.2, 0) is 9.53 Å². The Kier molecular flexibility index (Phi) is 3.78. The van der Waals surface area contributed by atoms with Gasteiger partial charge >= 0.3 is 5.97 Å². The molecule has 0 radical (unpaired) electrons. The summed E-state index contributed by atoms with van der Waals surface area (Å²) >= 11 is 5.68. The standard InChI is InChI=1S/C11H11ClN2O4/c12-7-1-2-8(13-5-7)10(15)14-3-4-18-9(6-14)11(16)17/h1-2,5,9H,3-4,6H2,(H,16,17)/t9-/m1/s1. The summed E-state index contributed by atoms with van der Waals surface area (Å²) in [5, 5.41) is 9.29. The molecule has 0 unspecified atom stereocenters. The fourth-order valence-electron chi connectivity index (χ4n) is 1.65. The molecule has 2 rings (SSSR count). The van der Waals surface area contributed by atoms with Crippen molar-refractivity contribution in [2.75, 3.05) is 19.7 Å². The van der Waals surface area contributed by atoms with Gasteiger partial charge in [0.2, 0.25) is 0 Å². The molecule has 1 N–H and O–H groups in total. The Bertz CT molecular complexity index is 463. The number of ether oxygens (including phenoxy) is 1. The predicted molar refractivity (Wildman–Crippen MR) is 62.5 cm³/mol. The number of hydrogen-bond donors (Lipinski definition) is 1. The van der Waals surface area contributed by atoms with Crippen molar-refractivity contribution in [3.05, 3.63) is 29.0 Å². The fraction of sp³-hybridized carbons (Fsp3) is 0.364. The number of amides is 1. The number of carboxylic acid groups (broad SMARTS) is 1. The maximum Gasteiger partial charge on any atom is 0.334 e. The largest absolute Gasteiger partial charge is 0.479 e. The van der Waals surface area contributed by atoms with Crippen LogP contribution in [0.15, 0.2) is 18.3 Å². The monoisotopic (exact) mass is 270 g/mol. The van der Waals surface area contributed by atoms with Crippen LogP contribution in [-0.4, -0.2) is 52.7 Å². The number of carbonyl (C=O) groups is 2. The highest BCUT2D eigenvalue weighted by atomic mass is 35.5. The minimum atomic E-state index is -1.07. The molecule has 1 fully saturated rings. The topological polar surface area (TPSA) is 79.7 Å². The molecule has 7 heteroatoms. The summed E-state index contributed by atoms with van der Waals surface area (Å²) in [5.74, 6) is -1.39. The van der Waals surface area contributed by atoms with Crippen molar-refractivity contribution in [2.45, 2.75) is 6.10 Å². The van der Waals surface area contributed by atoms with Crippen LogP contribution in [0.5, 0.6) is 0 Å². The van der Waals surface area contributed by atoms with Crippen LogP contribution in [0.3, 0.4) is 0 Å². The summed E-state index contributed by atoms with van der Waals surface area (Å²) in [6.45, 7) is 0.585. The van der Waals surface area contributed by atoms with Gasteiger partial charge in [0.25, 0.3) is 5.91 Å². The second-order valence-electron chi connectivity index (χ2n) is 3.81. The summed E-state index contributed by atoms with van der Waals surface area (Å²) < 4.78 is 5.04. The van der Waals surface area contributed by atoms with Crippen molar-refractivity contribution in [3.8, 4) is 0 Å². The van der Waals surface area contributed by atoms with E-state index >= 15 is 0 Å². The van der Waals surface area contributed by atoms with Gasteiger partial charge in [-0.25, -0.2) is 9.78 Å². The third kappa shape index (κ3) is 2.77. The number of carbonyl (C=O) groups excluding carboxylic acids is 1. The third-order valence-corrected chi connectivity index (χ3v) is 2.80. The Morgan fingerprint density at radius 2 is 2.28 bits per heavy atom. The van der Waals surface area contributed by atoms with Crippen molar-refractivity contribution >= 4 is 23.5 Å². The van der Waals surface area contributed by atoms with Gasteiger partial charge in [0.05, 0.1) is 18.2 Å². The van der Waals surface area contributed by atoms with E-state index in [-0.39, 0.29) is 24.8 Å². The van der Waals surface area contributed by atoms with Gasteiger partial charge in [-0.3, -0.25) is 4.79 Å². The lowest BCUT2D eigenvalue weighted by molar-refractivity contribution is -0.154. The van der Waals surface area contributed by atoms with E-state index in [0.717, 1.165) is 0 Å². The molecule has 2 heterocycles. The molecule has 1 atom stereocenters. The smallest absolute Gasteiger partial charge is 0.334 e. The minimum absolute atomic E-state index is 0.0263. The van der Waals surface area contributed by atoms with E-state index in [1.807, 2.05) is 0 Å². The zero-order chi connectivity index (χ0) is 13.1. The van der Waals surface area contributed by atoms with E-state index in [1.54, 1.807) is 6.07 Å². The lowest BCUT2D eigenvalue weighted by atomic mass is 10.2. The molecule has 0 bridgehead atoms. The fourth-order valence-corrected chi connectivity index (χ4v) is 1.76. The molecular formula is C11H11ClN2O4. The number of halogens is 1. The Morgan fingerprint density at radius 1 is 1.50 bits per heavy atom. The molecule has 1 aliphatic heterocycles. The zero-order valence-corrected chi connectivity index (χ0v) is 10.1. The van der Waals surface area contributed by atoms with E-state index in [1.165, 1.54) is 17.2 Å². The molecule has 96 valence electrons. The van der Waals surface area contributed by atoms with Crippen LogP contribution < -0.4 is 0 Å².